The van der Waals surface area contributed by atoms with Gasteiger partial charge in [-0.2, -0.15) is 0 Å². The van der Waals surface area contributed by atoms with E-state index in [-0.39, 0.29) is 12.2 Å². The number of ether oxygens (including phenoxy) is 2. The van der Waals surface area contributed by atoms with Crippen molar-refractivity contribution in [2.45, 2.75) is 6.42 Å². The topological polar surface area (TPSA) is 76.4 Å². The smallest absolute Gasteiger partial charge is 0.202 e. The first kappa shape index (κ1) is 16.3. The molecule has 0 radical (unpaired) electrons. The minimum atomic E-state index is -0.0620. The van der Waals surface area contributed by atoms with Gasteiger partial charge >= 0.3 is 0 Å². The molecule has 0 atom stereocenters. The van der Waals surface area contributed by atoms with Gasteiger partial charge in [-0.15, -0.1) is 0 Å². The fourth-order valence-corrected chi connectivity index (χ4v) is 3.18. The lowest BCUT2D eigenvalue weighted by Gasteiger charge is -2.27. The van der Waals surface area contributed by atoms with Gasteiger partial charge < -0.3 is 14.4 Å². The Labute approximate surface area is 151 Å². The maximum Gasteiger partial charge on any atom is 0.202 e. The van der Waals surface area contributed by atoms with E-state index < -0.39 is 0 Å². The molecule has 0 aliphatic carbocycles. The molecule has 0 saturated carbocycles. The number of nitrogens with zero attached hydrogens (tertiary/aromatic N) is 4. The molecule has 0 unspecified atom stereocenters. The number of carbonyl (C=O) groups is 1. The van der Waals surface area contributed by atoms with Crippen LogP contribution in [0.3, 0.4) is 0 Å². The number of amidine groups is 2. The van der Waals surface area contributed by atoms with Crippen LogP contribution in [0.4, 0.5) is 5.69 Å². The van der Waals surface area contributed by atoms with Crippen molar-refractivity contribution in [2.75, 3.05) is 27.3 Å². The molecule has 2 aliphatic rings. The lowest BCUT2D eigenvalue weighted by Crippen LogP contribution is -2.42. The molecule has 0 fully saturated rings. The molecule has 0 saturated heterocycles. The summed E-state index contributed by atoms with van der Waals surface area (Å²) in [6, 6.07) is 7.34. The Morgan fingerprint density at radius 2 is 2.04 bits per heavy atom. The number of fused-ring (bicyclic) bond motifs is 3. The number of ketones is 1. The first-order valence-corrected chi connectivity index (χ1v) is 8.30. The predicted octanol–water partition coefficient (Wildman–Crippen LogP) is 2.02. The lowest BCUT2D eigenvalue weighted by atomic mass is 10.0. The van der Waals surface area contributed by atoms with Crippen LogP contribution in [0.1, 0.15) is 11.1 Å². The van der Waals surface area contributed by atoms with Gasteiger partial charge in [0.1, 0.15) is 5.84 Å². The molecule has 4 rings (SSSR count). The van der Waals surface area contributed by atoms with Crippen molar-refractivity contribution in [3.63, 3.8) is 0 Å². The molecule has 132 valence electrons. The third-order valence-electron chi connectivity index (χ3n) is 4.40. The molecule has 0 amide bonds. The molecule has 2 aliphatic heterocycles. The summed E-state index contributed by atoms with van der Waals surface area (Å²) in [6.45, 7) is 1.27. The number of aliphatic imine (C=N–C) groups is 2. The van der Waals surface area contributed by atoms with Gasteiger partial charge in [0, 0.05) is 37.0 Å². The zero-order valence-corrected chi connectivity index (χ0v) is 14.6. The van der Waals surface area contributed by atoms with E-state index in [2.05, 4.69) is 15.0 Å². The Balaban J connectivity index is 1.75. The summed E-state index contributed by atoms with van der Waals surface area (Å²) in [5.74, 6) is 2.28. The van der Waals surface area contributed by atoms with E-state index in [0.29, 0.717) is 36.1 Å². The van der Waals surface area contributed by atoms with Crippen molar-refractivity contribution >= 4 is 23.1 Å². The summed E-state index contributed by atoms with van der Waals surface area (Å²) in [5, 5.41) is 0. The van der Waals surface area contributed by atoms with Crippen LogP contribution < -0.4 is 9.47 Å². The molecule has 2 aromatic rings. The van der Waals surface area contributed by atoms with Gasteiger partial charge in [-0.1, -0.05) is 6.07 Å². The van der Waals surface area contributed by atoms with Crippen molar-refractivity contribution in [3.05, 3.63) is 47.8 Å². The maximum atomic E-state index is 12.9. The molecular formula is C19H18N4O3. The number of rotatable bonds is 5. The Morgan fingerprint density at radius 1 is 1.23 bits per heavy atom. The second kappa shape index (κ2) is 6.59. The number of Topliss-reactive ketones (excluding diaryl/α,β-unsaturated/α-hetero) is 1. The van der Waals surface area contributed by atoms with Crippen LogP contribution in [0.2, 0.25) is 0 Å². The minimum absolute atomic E-state index is 0.0620. The van der Waals surface area contributed by atoms with E-state index in [9.17, 15) is 4.79 Å². The first-order valence-electron chi connectivity index (χ1n) is 8.30. The van der Waals surface area contributed by atoms with Gasteiger partial charge in [-0.3, -0.25) is 14.8 Å². The van der Waals surface area contributed by atoms with E-state index >= 15 is 0 Å². The lowest BCUT2D eigenvalue weighted by molar-refractivity contribution is -0.112. The summed E-state index contributed by atoms with van der Waals surface area (Å²) in [7, 11) is 3.16. The first-order chi connectivity index (χ1) is 12.7. The molecule has 0 spiro atoms. The number of hydrogen-bond acceptors (Lipinski definition) is 7. The minimum Gasteiger partial charge on any atom is -0.493 e. The van der Waals surface area contributed by atoms with Gasteiger partial charge in [0.05, 0.1) is 26.5 Å². The maximum absolute atomic E-state index is 12.9. The molecule has 1 aromatic heterocycles. The number of hydrogen-bond donors (Lipinski definition) is 0. The average Bonchev–Trinajstić information content (AvgIpc) is 3.17. The molecular weight excluding hydrogens is 332 g/mol. The quantitative estimate of drug-likeness (QED) is 0.824. The zero-order chi connectivity index (χ0) is 18.1. The molecule has 0 bridgehead atoms. The second-order valence-electron chi connectivity index (χ2n) is 5.98. The Kier molecular flexibility index (Phi) is 4.12. The van der Waals surface area contributed by atoms with Crippen molar-refractivity contribution in [2.24, 2.45) is 9.98 Å². The van der Waals surface area contributed by atoms with Crippen molar-refractivity contribution in [1.29, 1.82) is 0 Å². The fraction of sp³-hybridized carbons (Fsp3) is 0.263. The number of benzene rings is 1. The van der Waals surface area contributed by atoms with Crippen LogP contribution in [-0.4, -0.2) is 54.6 Å². The molecule has 26 heavy (non-hydrogen) atoms. The van der Waals surface area contributed by atoms with Crippen LogP contribution in [0.15, 0.2) is 46.6 Å². The van der Waals surface area contributed by atoms with Crippen LogP contribution in [0.25, 0.3) is 0 Å². The zero-order valence-electron chi connectivity index (χ0n) is 14.6. The fourth-order valence-electron chi connectivity index (χ4n) is 3.18. The normalized spacial score (nSPS) is 14.9. The van der Waals surface area contributed by atoms with Crippen molar-refractivity contribution in [3.8, 4) is 11.5 Å². The SMILES string of the molecule is COc1cc2c(cc1OC)C1=NCCN1C(C(=O)Cc1cccnc1)=N2. The Hall–Kier alpha value is -3.22. The predicted molar refractivity (Wildman–Crippen MR) is 97.7 cm³/mol. The summed E-state index contributed by atoms with van der Waals surface area (Å²) >= 11 is 0. The van der Waals surface area contributed by atoms with Gasteiger partial charge in [0.15, 0.2) is 17.3 Å². The molecule has 3 heterocycles. The molecule has 0 N–H and O–H groups in total. The third-order valence-corrected chi connectivity index (χ3v) is 4.40. The van der Waals surface area contributed by atoms with E-state index in [4.69, 9.17) is 9.47 Å². The van der Waals surface area contributed by atoms with Crippen molar-refractivity contribution in [1.82, 2.24) is 9.88 Å². The summed E-state index contributed by atoms with van der Waals surface area (Å²) in [5.41, 5.74) is 2.36. The van der Waals surface area contributed by atoms with E-state index in [1.54, 1.807) is 32.7 Å². The highest BCUT2D eigenvalue weighted by atomic mass is 16.5. The van der Waals surface area contributed by atoms with Crippen LogP contribution in [0, 0.1) is 0 Å². The van der Waals surface area contributed by atoms with Gasteiger partial charge in [0.25, 0.3) is 0 Å². The van der Waals surface area contributed by atoms with E-state index in [1.165, 1.54) is 0 Å². The van der Waals surface area contributed by atoms with Gasteiger partial charge in [-0.05, 0) is 17.7 Å². The Morgan fingerprint density at radius 3 is 2.77 bits per heavy atom. The van der Waals surface area contributed by atoms with Crippen LogP contribution >= 0.6 is 0 Å². The highest BCUT2D eigenvalue weighted by Gasteiger charge is 2.33. The van der Waals surface area contributed by atoms with Crippen LogP contribution in [0.5, 0.6) is 11.5 Å². The molecule has 7 heteroatoms. The number of carbonyl (C=O) groups excluding carboxylic acids is 1. The van der Waals surface area contributed by atoms with Crippen LogP contribution in [-0.2, 0) is 11.2 Å². The highest BCUT2D eigenvalue weighted by molar-refractivity contribution is 6.44. The Bertz CT molecular complexity index is 922. The van der Waals surface area contributed by atoms with Gasteiger partial charge in [-0.25, -0.2) is 4.99 Å². The summed E-state index contributed by atoms with van der Waals surface area (Å²) in [6.07, 6.45) is 3.63. The summed E-state index contributed by atoms with van der Waals surface area (Å²) < 4.78 is 10.7. The third kappa shape index (κ3) is 2.71. The average molecular weight is 350 g/mol. The highest BCUT2D eigenvalue weighted by Crippen LogP contribution is 2.38. The number of pyridine rings is 1. The number of methoxy groups -OCH3 is 2. The van der Waals surface area contributed by atoms with Crippen molar-refractivity contribution < 1.29 is 14.3 Å². The molecule has 7 nitrogen and oxygen atoms in total. The second-order valence-corrected chi connectivity index (χ2v) is 5.98. The largest absolute Gasteiger partial charge is 0.493 e. The van der Waals surface area contributed by atoms with Gasteiger partial charge in [0.2, 0.25) is 5.78 Å². The molecule has 1 aromatic carbocycles. The summed E-state index contributed by atoms with van der Waals surface area (Å²) in [4.78, 5) is 28.0. The number of aromatic nitrogens is 1. The standard InChI is InChI=1S/C19H18N4O3/c1-25-16-9-13-14(10-17(16)26-2)22-19(23-7-6-21-18(13)23)15(24)8-12-4-3-5-20-11-12/h3-5,9-11H,6-8H2,1-2H3. The van der Waals surface area contributed by atoms with E-state index in [1.807, 2.05) is 23.1 Å². The van der Waals surface area contributed by atoms with E-state index in [0.717, 1.165) is 17.0 Å². The monoisotopic (exact) mass is 350 g/mol.